The van der Waals surface area contributed by atoms with Gasteiger partial charge in [0.1, 0.15) is 17.8 Å². The van der Waals surface area contributed by atoms with Gasteiger partial charge < -0.3 is 15.6 Å². The van der Waals surface area contributed by atoms with Crippen LogP contribution in [0.15, 0.2) is 48.9 Å². The number of aromatic nitrogens is 3. The number of carbonyl (C=O) groups excluding carboxylic acids is 1. The lowest BCUT2D eigenvalue weighted by Crippen LogP contribution is -2.58. The SMILES string of the molecule is COS(=O)(=O)N1CCN(c2ncnc3[nH]ccc23)CC12CC2C(CC(N)=O)c1ccccc1. The Hall–Kier alpha value is -3.02. The Morgan fingerprint density at radius 2 is 2.06 bits per heavy atom. The van der Waals surface area contributed by atoms with Gasteiger partial charge in [-0.25, -0.2) is 9.97 Å². The molecule has 1 saturated heterocycles. The van der Waals surface area contributed by atoms with Crippen LogP contribution in [0.2, 0.25) is 0 Å². The van der Waals surface area contributed by atoms with Gasteiger partial charge in [0.2, 0.25) is 5.91 Å². The molecule has 11 heteroatoms. The molecule has 1 aliphatic heterocycles. The Kier molecular flexibility index (Phi) is 5.34. The van der Waals surface area contributed by atoms with E-state index >= 15 is 0 Å². The van der Waals surface area contributed by atoms with Crippen molar-refractivity contribution in [1.29, 1.82) is 0 Å². The summed E-state index contributed by atoms with van der Waals surface area (Å²) in [6, 6.07) is 11.6. The molecule has 1 aromatic carbocycles. The molecule has 5 rings (SSSR count). The molecule has 0 radical (unpaired) electrons. The molecule has 33 heavy (non-hydrogen) atoms. The van der Waals surface area contributed by atoms with Crippen molar-refractivity contribution in [3.8, 4) is 0 Å². The third kappa shape index (κ3) is 3.75. The highest BCUT2D eigenvalue weighted by atomic mass is 32.2. The van der Waals surface area contributed by atoms with Gasteiger partial charge in [-0.15, -0.1) is 0 Å². The minimum Gasteiger partial charge on any atom is -0.370 e. The van der Waals surface area contributed by atoms with E-state index in [4.69, 9.17) is 9.92 Å². The number of rotatable bonds is 7. The quantitative estimate of drug-likeness (QED) is 0.533. The topological polar surface area (TPSA) is 135 Å². The first-order chi connectivity index (χ1) is 15.9. The van der Waals surface area contributed by atoms with Gasteiger partial charge >= 0.3 is 10.3 Å². The smallest absolute Gasteiger partial charge is 0.338 e. The molecule has 1 saturated carbocycles. The number of aromatic amines is 1. The molecule has 0 bridgehead atoms. The lowest BCUT2D eigenvalue weighted by Gasteiger charge is -2.42. The van der Waals surface area contributed by atoms with Crippen LogP contribution in [0.5, 0.6) is 0 Å². The van der Waals surface area contributed by atoms with E-state index in [9.17, 15) is 13.2 Å². The molecule has 10 nitrogen and oxygen atoms in total. The molecule has 1 spiro atoms. The number of nitrogens with zero attached hydrogens (tertiary/aromatic N) is 4. The number of primary amides is 1. The maximum absolute atomic E-state index is 12.9. The van der Waals surface area contributed by atoms with Gasteiger partial charge in [0.15, 0.2) is 0 Å². The van der Waals surface area contributed by atoms with E-state index in [1.807, 2.05) is 42.6 Å². The van der Waals surface area contributed by atoms with E-state index < -0.39 is 21.8 Å². The summed E-state index contributed by atoms with van der Waals surface area (Å²) in [7, 11) is -2.75. The number of hydrogen-bond acceptors (Lipinski definition) is 7. The Morgan fingerprint density at radius 1 is 1.27 bits per heavy atom. The van der Waals surface area contributed by atoms with Crippen LogP contribution in [0, 0.1) is 5.92 Å². The van der Waals surface area contributed by atoms with Gasteiger partial charge in [0.05, 0.1) is 18.0 Å². The van der Waals surface area contributed by atoms with E-state index in [0.717, 1.165) is 22.4 Å². The van der Waals surface area contributed by atoms with Crippen molar-refractivity contribution in [3.63, 3.8) is 0 Å². The number of fused-ring (bicyclic) bond motifs is 1. The summed E-state index contributed by atoms with van der Waals surface area (Å²) in [5.74, 6) is 0.0519. The van der Waals surface area contributed by atoms with E-state index in [1.54, 1.807) is 0 Å². The largest absolute Gasteiger partial charge is 0.370 e. The van der Waals surface area contributed by atoms with Crippen LogP contribution in [0.25, 0.3) is 11.0 Å². The predicted molar refractivity (Wildman–Crippen MR) is 123 cm³/mol. The van der Waals surface area contributed by atoms with Crippen LogP contribution >= 0.6 is 0 Å². The van der Waals surface area contributed by atoms with Gasteiger partial charge in [-0.2, -0.15) is 12.7 Å². The number of nitrogens with one attached hydrogen (secondary N) is 1. The van der Waals surface area contributed by atoms with Crippen molar-refractivity contribution in [2.45, 2.75) is 24.3 Å². The Bertz CT molecular complexity index is 1280. The molecule has 2 aliphatic rings. The third-order valence-corrected chi connectivity index (χ3v) is 8.39. The maximum atomic E-state index is 12.9. The van der Waals surface area contributed by atoms with E-state index in [1.165, 1.54) is 17.7 Å². The second-order valence-corrected chi connectivity index (χ2v) is 10.3. The fraction of sp³-hybridized carbons (Fsp3) is 0.409. The summed E-state index contributed by atoms with van der Waals surface area (Å²) in [4.78, 5) is 25.9. The Morgan fingerprint density at radius 3 is 2.79 bits per heavy atom. The molecule has 3 heterocycles. The van der Waals surface area contributed by atoms with Crippen molar-refractivity contribution in [2.75, 3.05) is 31.6 Å². The van der Waals surface area contributed by atoms with Crippen LogP contribution in [0.4, 0.5) is 5.82 Å². The summed E-state index contributed by atoms with van der Waals surface area (Å²) in [5.41, 5.74) is 6.58. The van der Waals surface area contributed by atoms with Crippen LogP contribution in [-0.4, -0.2) is 65.9 Å². The summed E-state index contributed by atoms with van der Waals surface area (Å²) < 4.78 is 32.2. The van der Waals surface area contributed by atoms with Crippen LogP contribution in [-0.2, 0) is 19.3 Å². The number of benzene rings is 1. The number of H-pyrrole nitrogens is 1. The normalized spacial score (nSPS) is 24.3. The molecule has 3 unspecified atom stereocenters. The van der Waals surface area contributed by atoms with Gasteiger partial charge in [0, 0.05) is 32.3 Å². The van der Waals surface area contributed by atoms with Crippen molar-refractivity contribution >= 4 is 33.1 Å². The summed E-state index contributed by atoms with van der Waals surface area (Å²) in [5, 5.41) is 0.879. The number of piperazine rings is 1. The monoisotopic (exact) mass is 470 g/mol. The fourth-order valence-corrected chi connectivity index (χ4v) is 6.55. The van der Waals surface area contributed by atoms with Crippen molar-refractivity contribution < 1.29 is 17.4 Å². The Labute approximate surface area is 192 Å². The highest BCUT2D eigenvalue weighted by Gasteiger charge is 2.66. The number of hydrogen-bond donors (Lipinski definition) is 2. The molecule has 2 fully saturated rings. The highest BCUT2D eigenvalue weighted by Crippen LogP contribution is 2.59. The molecule has 2 aromatic heterocycles. The second-order valence-electron chi connectivity index (χ2n) is 8.66. The Balaban J connectivity index is 1.54. The third-order valence-electron chi connectivity index (χ3n) is 6.89. The van der Waals surface area contributed by atoms with Crippen molar-refractivity contribution in [2.24, 2.45) is 11.7 Å². The van der Waals surface area contributed by atoms with E-state index in [0.29, 0.717) is 19.5 Å². The van der Waals surface area contributed by atoms with Gasteiger partial charge in [0.25, 0.3) is 0 Å². The number of nitrogens with two attached hydrogens (primary N) is 1. The lowest BCUT2D eigenvalue weighted by molar-refractivity contribution is -0.118. The molecule has 3 atom stereocenters. The molecule has 3 N–H and O–H groups in total. The van der Waals surface area contributed by atoms with Gasteiger partial charge in [-0.3, -0.25) is 8.98 Å². The molecule has 3 aromatic rings. The molecular formula is C22H26N6O4S. The van der Waals surface area contributed by atoms with Gasteiger partial charge in [-0.05, 0) is 29.9 Å². The average Bonchev–Trinajstić information content (AvgIpc) is 3.27. The van der Waals surface area contributed by atoms with Crippen molar-refractivity contribution in [1.82, 2.24) is 19.3 Å². The molecule has 1 amide bonds. The zero-order valence-corrected chi connectivity index (χ0v) is 19.0. The number of anilines is 1. The second kappa shape index (κ2) is 8.08. The number of amides is 1. The molecule has 1 aliphatic carbocycles. The molecular weight excluding hydrogens is 444 g/mol. The number of carbonyl (C=O) groups is 1. The first-order valence-electron chi connectivity index (χ1n) is 10.8. The molecule has 174 valence electrons. The minimum absolute atomic E-state index is 0.0938. The predicted octanol–water partition coefficient (Wildman–Crippen LogP) is 1.39. The minimum atomic E-state index is -3.93. The summed E-state index contributed by atoms with van der Waals surface area (Å²) in [6.07, 6.45) is 4.05. The fourth-order valence-electron chi connectivity index (χ4n) is 5.36. The zero-order chi connectivity index (χ0) is 23.2. The van der Waals surface area contributed by atoms with E-state index in [-0.39, 0.29) is 24.8 Å². The zero-order valence-electron chi connectivity index (χ0n) is 18.2. The maximum Gasteiger partial charge on any atom is 0.338 e. The van der Waals surface area contributed by atoms with Gasteiger partial charge in [-0.1, -0.05) is 30.3 Å². The first-order valence-corrected chi connectivity index (χ1v) is 12.2. The first kappa shape index (κ1) is 21.8. The van der Waals surface area contributed by atoms with Crippen LogP contribution in [0.3, 0.4) is 0 Å². The van der Waals surface area contributed by atoms with E-state index in [2.05, 4.69) is 19.9 Å². The van der Waals surface area contributed by atoms with Crippen LogP contribution < -0.4 is 10.6 Å². The summed E-state index contributed by atoms with van der Waals surface area (Å²) in [6.45, 7) is 1.14. The average molecular weight is 471 g/mol. The standard InChI is InChI=1S/C22H26N6O4S/c1-32-33(30,31)28-10-9-27(21-16-7-8-24-20(16)25-14-26-21)13-22(28)12-18(22)17(11-19(23)29)15-5-3-2-4-6-15/h2-8,14,17-18H,9-13H2,1H3,(H2,23,29)(H,24,25,26). The van der Waals surface area contributed by atoms with Crippen LogP contribution in [0.1, 0.15) is 24.3 Å². The summed E-state index contributed by atoms with van der Waals surface area (Å²) >= 11 is 0. The highest BCUT2D eigenvalue weighted by molar-refractivity contribution is 7.84. The van der Waals surface area contributed by atoms with Crippen molar-refractivity contribution in [3.05, 3.63) is 54.5 Å². The lowest BCUT2D eigenvalue weighted by atomic mass is 9.88.